The first-order chi connectivity index (χ1) is 11.7. The number of nitriles is 1. The quantitative estimate of drug-likeness (QED) is 0.686. The van der Waals surface area contributed by atoms with Crippen LogP contribution in [0.25, 0.3) is 0 Å². The second kappa shape index (κ2) is 8.86. The van der Waals surface area contributed by atoms with Crippen molar-refractivity contribution >= 4 is 12.0 Å². The van der Waals surface area contributed by atoms with E-state index in [4.69, 9.17) is 4.74 Å². The van der Waals surface area contributed by atoms with E-state index in [0.717, 1.165) is 6.42 Å². The number of nitrogens with zero attached hydrogens (tertiary/aromatic N) is 2. The summed E-state index contributed by atoms with van der Waals surface area (Å²) in [4.78, 5) is 24.9. The summed E-state index contributed by atoms with van der Waals surface area (Å²) in [6.45, 7) is 7.15. The number of methoxy groups -OCH3 is 1. The molecule has 1 rings (SSSR count). The van der Waals surface area contributed by atoms with E-state index in [1.54, 1.807) is 7.11 Å². The summed E-state index contributed by atoms with van der Waals surface area (Å²) < 4.78 is 5.74. The summed E-state index contributed by atoms with van der Waals surface area (Å²) in [5.74, 6) is -0.428. The molecule has 0 aromatic rings. The topological polar surface area (TPSA) is 103 Å². The Morgan fingerprint density at radius 2 is 2.20 bits per heavy atom. The van der Waals surface area contributed by atoms with Crippen molar-refractivity contribution in [2.75, 3.05) is 7.11 Å². The molecular formula is C18H29N3O4. The molecule has 0 aromatic carbocycles. The normalized spacial score (nSPS) is 26.9. The Bertz CT molecular complexity index is 557. The molecule has 1 fully saturated rings. The van der Waals surface area contributed by atoms with Gasteiger partial charge in [-0.1, -0.05) is 25.5 Å². The van der Waals surface area contributed by atoms with Gasteiger partial charge in [0.15, 0.2) is 0 Å². The number of rotatable bonds is 7. The van der Waals surface area contributed by atoms with Crippen molar-refractivity contribution in [3.8, 4) is 6.07 Å². The maximum atomic E-state index is 11.9. The smallest absolute Gasteiger partial charge is 0.408 e. The molecule has 1 heterocycles. The first kappa shape index (κ1) is 21.0. The zero-order chi connectivity index (χ0) is 19.2. The fourth-order valence-electron chi connectivity index (χ4n) is 3.85. The molecule has 5 atom stereocenters. The lowest BCUT2D eigenvalue weighted by atomic mass is 9.81. The number of allylic oxidation sites excluding steroid dienone is 1. The standard InChI is InChI=1S/C18H29N3O4/c1-6-8-13-10-14(11-19)21(17(23)24)15(13)16(20-12(3)22)18(4,25-5)9-7-2/h6,8,13-16H,7,9-10H2,1-5H3,(H,20,22)(H,23,24)/t13-,14-,15-,16-,18+/m1/s1. The fraction of sp³-hybridized carbons (Fsp3) is 0.722. The van der Waals surface area contributed by atoms with E-state index in [-0.39, 0.29) is 11.8 Å². The molecule has 25 heavy (non-hydrogen) atoms. The molecular weight excluding hydrogens is 322 g/mol. The molecule has 0 bridgehead atoms. The van der Waals surface area contributed by atoms with E-state index in [1.165, 1.54) is 11.8 Å². The number of hydrogen-bond acceptors (Lipinski definition) is 4. The second-order valence-corrected chi connectivity index (χ2v) is 6.70. The van der Waals surface area contributed by atoms with Crippen molar-refractivity contribution in [3.05, 3.63) is 12.2 Å². The van der Waals surface area contributed by atoms with Crippen LogP contribution in [0, 0.1) is 17.2 Å². The molecule has 7 nitrogen and oxygen atoms in total. The van der Waals surface area contributed by atoms with Crippen LogP contribution in [-0.4, -0.2) is 52.8 Å². The molecule has 1 aliphatic heterocycles. The monoisotopic (exact) mass is 351 g/mol. The summed E-state index contributed by atoms with van der Waals surface area (Å²) in [5.41, 5.74) is -0.747. The molecule has 2 N–H and O–H groups in total. The summed E-state index contributed by atoms with van der Waals surface area (Å²) in [5, 5.41) is 22.0. The first-order valence-electron chi connectivity index (χ1n) is 8.61. The third-order valence-electron chi connectivity index (χ3n) is 4.97. The van der Waals surface area contributed by atoms with Crippen LogP contribution in [0.3, 0.4) is 0 Å². The minimum Gasteiger partial charge on any atom is -0.465 e. The van der Waals surface area contributed by atoms with Gasteiger partial charge in [-0.15, -0.1) is 0 Å². The van der Waals surface area contributed by atoms with E-state index in [2.05, 4.69) is 11.4 Å². The highest BCUT2D eigenvalue weighted by molar-refractivity contribution is 5.74. The van der Waals surface area contributed by atoms with Gasteiger partial charge in [0.1, 0.15) is 6.04 Å². The number of carbonyl (C=O) groups excluding carboxylic acids is 1. The molecule has 7 heteroatoms. The van der Waals surface area contributed by atoms with Gasteiger partial charge in [-0.2, -0.15) is 5.26 Å². The zero-order valence-corrected chi connectivity index (χ0v) is 15.7. The van der Waals surface area contributed by atoms with Gasteiger partial charge in [-0.25, -0.2) is 4.79 Å². The minimum atomic E-state index is -1.16. The summed E-state index contributed by atoms with van der Waals surface area (Å²) >= 11 is 0. The predicted molar refractivity (Wildman–Crippen MR) is 93.9 cm³/mol. The van der Waals surface area contributed by atoms with Crippen molar-refractivity contribution < 1.29 is 19.4 Å². The van der Waals surface area contributed by atoms with Gasteiger partial charge in [-0.3, -0.25) is 9.69 Å². The molecule has 1 saturated heterocycles. The Kier molecular flexibility index (Phi) is 7.43. The minimum absolute atomic E-state index is 0.172. The average Bonchev–Trinajstić information content (AvgIpc) is 2.91. The van der Waals surface area contributed by atoms with Gasteiger partial charge in [0.2, 0.25) is 5.91 Å². The number of carbonyl (C=O) groups is 2. The van der Waals surface area contributed by atoms with Gasteiger partial charge >= 0.3 is 6.09 Å². The van der Waals surface area contributed by atoms with Crippen LogP contribution in [0.1, 0.15) is 47.0 Å². The van der Waals surface area contributed by atoms with Crippen molar-refractivity contribution in [2.24, 2.45) is 5.92 Å². The number of amides is 2. The number of likely N-dealkylation sites (tertiary alicyclic amines) is 1. The molecule has 0 aliphatic carbocycles. The molecule has 1 aliphatic rings. The molecule has 140 valence electrons. The molecule has 0 saturated carbocycles. The van der Waals surface area contributed by atoms with Crippen molar-refractivity contribution in [2.45, 2.75) is 70.7 Å². The number of ether oxygens (including phenoxy) is 1. The van der Waals surface area contributed by atoms with Crippen LogP contribution in [0.2, 0.25) is 0 Å². The van der Waals surface area contributed by atoms with Gasteiger partial charge in [0, 0.05) is 20.0 Å². The summed E-state index contributed by atoms with van der Waals surface area (Å²) in [7, 11) is 1.57. The number of hydrogen-bond donors (Lipinski definition) is 2. The lowest BCUT2D eigenvalue weighted by Crippen LogP contribution is -2.63. The molecule has 0 spiro atoms. The summed E-state index contributed by atoms with van der Waals surface area (Å²) in [6.07, 6.45) is 4.48. The Balaban J connectivity index is 3.45. The van der Waals surface area contributed by atoms with Gasteiger partial charge in [0.05, 0.1) is 23.8 Å². The average molecular weight is 351 g/mol. The van der Waals surface area contributed by atoms with Crippen molar-refractivity contribution in [1.82, 2.24) is 10.2 Å². The molecule has 2 amide bonds. The largest absolute Gasteiger partial charge is 0.465 e. The Labute approximate surface area is 149 Å². The third kappa shape index (κ3) is 4.51. The molecule has 0 aromatic heterocycles. The maximum absolute atomic E-state index is 11.9. The highest BCUT2D eigenvalue weighted by atomic mass is 16.5. The Morgan fingerprint density at radius 3 is 2.60 bits per heavy atom. The molecule has 0 radical (unpaired) electrons. The highest BCUT2D eigenvalue weighted by Crippen LogP contribution is 2.38. The van der Waals surface area contributed by atoms with Crippen molar-refractivity contribution in [1.29, 1.82) is 5.26 Å². The third-order valence-corrected chi connectivity index (χ3v) is 4.97. The van der Waals surface area contributed by atoms with Crippen LogP contribution in [0.15, 0.2) is 12.2 Å². The van der Waals surface area contributed by atoms with Crippen LogP contribution in [0.5, 0.6) is 0 Å². The SMILES string of the molecule is CC=C[C@@H]1C[C@H](C#N)N(C(=O)O)[C@H]1[C@@H](NC(C)=O)[C@](C)(CCC)OC. The Morgan fingerprint density at radius 1 is 1.56 bits per heavy atom. The maximum Gasteiger partial charge on any atom is 0.408 e. The predicted octanol–water partition coefficient (Wildman–Crippen LogP) is 2.53. The van der Waals surface area contributed by atoms with E-state index >= 15 is 0 Å². The van der Waals surface area contributed by atoms with Crippen LogP contribution >= 0.6 is 0 Å². The van der Waals surface area contributed by atoms with Crippen LogP contribution < -0.4 is 5.32 Å². The van der Waals surface area contributed by atoms with Gasteiger partial charge < -0.3 is 15.2 Å². The van der Waals surface area contributed by atoms with Gasteiger partial charge in [0.25, 0.3) is 0 Å². The van der Waals surface area contributed by atoms with E-state index in [0.29, 0.717) is 12.8 Å². The number of carboxylic acid groups (broad SMARTS) is 1. The second-order valence-electron chi connectivity index (χ2n) is 6.70. The summed E-state index contributed by atoms with van der Waals surface area (Å²) in [6, 6.07) is 0.199. The van der Waals surface area contributed by atoms with E-state index < -0.39 is 29.8 Å². The van der Waals surface area contributed by atoms with E-state index in [1.807, 2.05) is 32.9 Å². The molecule has 0 unspecified atom stereocenters. The Hall–Kier alpha value is -2.07. The highest BCUT2D eigenvalue weighted by Gasteiger charge is 2.52. The van der Waals surface area contributed by atoms with Crippen LogP contribution in [0.4, 0.5) is 4.79 Å². The van der Waals surface area contributed by atoms with Crippen LogP contribution in [-0.2, 0) is 9.53 Å². The first-order valence-corrected chi connectivity index (χ1v) is 8.61. The van der Waals surface area contributed by atoms with E-state index in [9.17, 15) is 20.0 Å². The fourth-order valence-corrected chi connectivity index (χ4v) is 3.85. The lowest BCUT2D eigenvalue weighted by molar-refractivity contribution is -0.124. The lowest BCUT2D eigenvalue weighted by Gasteiger charge is -2.44. The zero-order valence-electron chi connectivity index (χ0n) is 15.7. The number of nitrogens with one attached hydrogen (secondary N) is 1. The van der Waals surface area contributed by atoms with Gasteiger partial charge in [-0.05, 0) is 26.7 Å². The van der Waals surface area contributed by atoms with Crippen molar-refractivity contribution in [3.63, 3.8) is 0 Å².